The quantitative estimate of drug-likeness (QED) is 0.743. The van der Waals surface area contributed by atoms with Gasteiger partial charge in [0.1, 0.15) is 17.5 Å². The summed E-state index contributed by atoms with van der Waals surface area (Å²) in [6, 6.07) is 14.9. The Morgan fingerprint density at radius 1 is 0.964 bits per heavy atom. The van der Waals surface area contributed by atoms with Gasteiger partial charge < -0.3 is 24.7 Å². The number of nitrogens with two attached hydrogens (primary N) is 1. The molecule has 0 amide bonds. The lowest BCUT2D eigenvalue weighted by Crippen LogP contribution is -2.00. The van der Waals surface area contributed by atoms with Crippen LogP contribution in [0.1, 0.15) is 5.56 Å². The van der Waals surface area contributed by atoms with Crippen LogP contribution < -0.4 is 24.7 Å². The van der Waals surface area contributed by atoms with Crippen molar-refractivity contribution in [3.8, 4) is 51.5 Å². The fourth-order valence-electron chi connectivity index (χ4n) is 3.12. The molecule has 0 spiro atoms. The Bertz CT molecular complexity index is 1110. The maximum atomic E-state index is 9.60. The molecule has 0 fully saturated rings. The van der Waals surface area contributed by atoms with E-state index in [-0.39, 0.29) is 12.6 Å². The summed E-state index contributed by atoms with van der Waals surface area (Å²) in [6.07, 6.45) is 0. The average Bonchev–Trinajstić information content (AvgIpc) is 3.20. The molecule has 1 aliphatic heterocycles. The molecular weight excluding hydrogens is 358 g/mol. The Kier molecular flexibility index (Phi) is 4.38. The van der Waals surface area contributed by atoms with Gasteiger partial charge in [0.2, 0.25) is 6.79 Å². The first-order valence-electron chi connectivity index (χ1n) is 8.47. The van der Waals surface area contributed by atoms with E-state index in [1.165, 1.54) is 0 Å². The number of ether oxygens (including phenoxy) is 4. The number of nitriles is 1. The Morgan fingerprint density at radius 2 is 1.71 bits per heavy atom. The maximum absolute atomic E-state index is 9.60. The molecule has 1 aromatic heterocycles. The molecule has 0 saturated carbocycles. The van der Waals surface area contributed by atoms with Crippen LogP contribution in [0, 0.1) is 11.3 Å². The molecule has 0 atom stereocenters. The van der Waals surface area contributed by atoms with Crippen LogP contribution in [0.15, 0.2) is 42.5 Å². The van der Waals surface area contributed by atoms with Gasteiger partial charge in [-0.2, -0.15) is 5.26 Å². The zero-order valence-corrected chi connectivity index (χ0v) is 15.4. The Balaban J connectivity index is 1.87. The standard InChI is InChI=1S/C21H17N3O4/c1-25-17-5-4-13(8-19(17)26-2)16-9-14(15(10-22)21(23)24-16)12-3-6-18-20(7-12)28-11-27-18/h3-9H,11H2,1-2H3,(H2,23,24). The number of rotatable bonds is 4. The van der Waals surface area contributed by atoms with Crippen LogP contribution in [0.3, 0.4) is 0 Å². The summed E-state index contributed by atoms with van der Waals surface area (Å²) in [7, 11) is 3.15. The largest absolute Gasteiger partial charge is 0.493 e. The van der Waals surface area contributed by atoms with Crippen molar-refractivity contribution in [3.05, 3.63) is 48.0 Å². The summed E-state index contributed by atoms with van der Waals surface area (Å²) in [5.41, 5.74) is 9.27. The smallest absolute Gasteiger partial charge is 0.231 e. The van der Waals surface area contributed by atoms with Crippen molar-refractivity contribution in [3.63, 3.8) is 0 Å². The highest BCUT2D eigenvalue weighted by Crippen LogP contribution is 2.39. The van der Waals surface area contributed by atoms with Gasteiger partial charge in [-0.25, -0.2) is 4.98 Å². The van der Waals surface area contributed by atoms with E-state index >= 15 is 0 Å². The van der Waals surface area contributed by atoms with E-state index in [2.05, 4.69) is 11.1 Å². The third-order valence-electron chi connectivity index (χ3n) is 4.52. The Morgan fingerprint density at radius 3 is 2.46 bits per heavy atom. The van der Waals surface area contributed by atoms with E-state index < -0.39 is 0 Å². The number of hydrogen-bond donors (Lipinski definition) is 1. The summed E-state index contributed by atoms with van der Waals surface area (Å²) in [4.78, 5) is 4.41. The van der Waals surface area contributed by atoms with Gasteiger partial charge in [0.15, 0.2) is 23.0 Å². The van der Waals surface area contributed by atoms with Crippen molar-refractivity contribution < 1.29 is 18.9 Å². The number of anilines is 1. The fraction of sp³-hybridized carbons (Fsp3) is 0.143. The minimum absolute atomic E-state index is 0.155. The molecule has 4 rings (SSSR count). The molecule has 140 valence electrons. The third-order valence-corrected chi connectivity index (χ3v) is 4.52. The first-order chi connectivity index (χ1) is 13.6. The SMILES string of the molecule is COc1ccc(-c2cc(-c3ccc4c(c3)OCO4)c(C#N)c(N)n2)cc1OC. The molecule has 1 aliphatic rings. The molecule has 2 N–H and O–H groups in total. The number of aromatic nitrogens is 1. The molecule has 0 radical (unpaired) electrons. The molecule has 2 heterocycles. The number of pyridine rings is 1. The van der Waals surface area contributed by atoms with E-state index in [0.717, 1.165) is 11.1 Å². The number of nitrogens with zero attached hydrogens (tertiary/aromatic N) is 2. The zero-order chi connectivity index (χ0) is 19.7. The lowest BCUT2D eigenvalue weighted by molar-refractivity contribution is 0.174. The van der Waals surface area contributed by atoms with E-state index in [4.69, 9.17) is 24.7 Å². The minimum atomic E-state index is 0.155. The van der Waals surface area contributed by atoms with Crippen LogP contribution in [0.5, 0.6) is 23.0 Å². The number of hydrogen-bond acceptors (Lipinski definition) is 7. The zero-order valence-electron chi connectivity index (χ0n) is 15.4. The highest BCUT2D eigenvalue weighted by Gasteiger charge is 2.18. The second-order valence-corrected chi connectivity index (χ2v) is 6.06. The van der Waals surface area contributed by atoms with Gasteiger partial charge in [-0.3, -0.25) is 0 Å². The molecule has 0 saturated heterocycles. The van der Waals surface area contributed by atoms with Gasteiger partial charge in [-0.05, 0) is 42.0 Å². The van der Waals surface area contributed by atoms with Crippen molar-refractivity contribution in [2.45, 2.75) is 0 Å². The third kappa shape index (κ3) is 2.91. The first kappa shape index (κ1) is 17.5. The van der Waals surface area contributed by atoms with Crippen molar-refractivity contribution in [2.24, 2.45) is 0 Å². The second-order valence-electron chi connectivity index (χ2n) is 6.06. The van der Waals surface area contributed by atoms with Crippen LogP contribution in [-0.2, 0) is 0 Å². The predicted molar refractivity (Wildman–Crippen MR) is 103 cm³/mol. The summed E-state index contributed by atoms with van der Waals surface area (Å²) >= 11 is 0. The molecule has 0 aliphatic carbocycles. The van der Waals surface area contributed by atoms with Crippen molar-refractivity contribution in [2.75, 3.05) is 26.7 Å². The van der Waals surface area contributed by atoms with E-state index in [1.54, 1.807) is 20.3 Å². The highest BCUT2D eigenvalue weighted by molar-refractivity contribution is 5.81. The summed E-state index contributed by atoms with van der Waals surface area (Å²) < 4.78 is 21.5. The van der Waals surface area contributed by atoms with Crippen molar-refractivity contribution >= 4 is 5.82 Å². The summed E-state index contributed by atoms with van der Waals surface area (Å²) in [5.74, 6) is 2.65. The van der Waals surface area contributed by atoms with Gasteiger partial charge in [0.25, 0.3) is 0 Å². The second kappa shape index (κ2) is 7.00. The number of methoxy groups -OCH3 is 2. The first-order valence-corrected chi connectivity index (χ1v) is 8.47. The molecule has 3 aromatic rings. The summed E-state index contributed by atoms with van der Waals surface area (Å²) in [6.45, 7) is 0.180. The Labute approximate surface area is 161 Å². The van der Waals surface area contributed by atoms with E-state index in [1.807, 2.05) is 36.4 Å². The van der Waals surface area contributed by atoms with Crippen LogP contribution in [-0.4, -0.2) is 26.0 Å². The van der Waals surface area contributed by atoms with Gasteiger partial charge in [0, 0.05) is 11.1 Å². The summed E-state index contributed by atoms with van der Waals surface area (Å²) in [5, 5.41) is 9.60. The van der Waals surface area contributed by atoms with Gasteiger partial charge >= 0.3 is 0 Å². The monoisotopic (exact) mass is 375 g/mol. The fourth-order valence-corrected chi connectivity index (χ4v) is 3.12. The van der Waals surface area contributed by atoms with E-state index in [9.17, 15) is 5.26 Å². The topological polar surface area (TPSA) is 99.6 Å². The van der Waals surface area contributed by atoms with Gasteiger partial charge in [-0.15, -0.1) is 0 Å². The molecule has 7 heteroatoms. The van der Waals surface area contributed by atoms with Gasteiger partial charge in [-0.1, -0.05) is 6.07 Å². The molecule has 0 bridgehead atoms. The van der Waals surface area contributed by atoms with E-state index in [0.29, 0.717) is 39.8 Å². The number of fused-ring (bicyclic) bond motifs is 1. The number of nitrogen functional groups attached to an aromatic ring is 1. The Hall–Kier alpha value is -3.92. The minimum Gasteiger partial charge on any atom is -0.493 e. The molecule has 28 heavy (non-hydrogen) atoms. The number of benzene rings is 2. The van der Waals surface area contributed by atoms with Gasteiger partial charge in [0.05, 0.1) is 19.9 Å². The lowest BCUT2D eigenvalue weighted by atomic mass is 9.98. The lowest BCUT2D eigenvalue weighted by Gasteiger charge is -2.13. The van der Waals surface area contributed by atoms with Crippen LogP contribution in [0.2, 0.25) is 0 Å². The molecule has 2 aromatic carbocycles. The normalized spacial score (nSPS) is 11.8. The maximum Gasteiger partial charge on any atom is 0.231 e. The van der Waals surface area contributed by atoms with Crippen molar-refractivity contribution in [1.82, 2.24) is 4.98 Å². The molecular formula is C21H17N3O4. The van der Waals surface area contributed by atoms with Crippen molar-refractivity contribution in [1.29, 1.82) is 5.26 Å². The molecule has 7 nitrogen and oxygen atoms in total. The highest BCUT2D eigenvalue weighted by atomic mass is 16.7. The average molecular weight is 375 g/mol. The van der Waals surface area contributed by atoms with Crippen LogP contribution in [0.4, 0.5) is 5.82 Å². The molecule has 0 unspecified atom stereocenters. The van der Waals surface area contributed by atoms with Crippen LogP contribution >= 0.6 is 0 Å². The predicted octanol–water partition coefficient (Wildman–Crippen LogP) is 3.62. The van der Waals surface area contributed by atoms with Crippen LogP contribution in [0.25, 0.3) is 22.4 Å².